The second-order valence-electron chi connectivity index (χ2n) is 4.64. The predicted molar refractivity (Wildman–Crippen MR) is 63.3 cm³/mol. The fraction of sp³-hybridized carbons (Fsp3) is 0.500. The minimum absolute atomic E-state index is 0.0384. The zero-order valence-electron chi connectivity index (χ0n) is 10.1. The van der Waals surface area contributed by atoms with Gasteiger partial charge in [-0.05, 0) is 37.0 Å². The Kier molecular flexibility index (Phi) is 4.42. The lowest BCUT2D eigenvalue weighted by Crippen LogP contribution is -2.10. The number of halogens is 2. The van der Waals surface area contributed by atoms with E-state index in [2.05, 4.69) is 0 Å². The van der Waals surface area contributed by atoms with Gasteiger partial charge in [-0.25, -0.2) is 8.78 Å². The van der Waals surface area contributed by atoms with Gasteiger partial charge in [-0.1, -0.05) is 6.07 Å². The molecule has 0 saturated carbocycles. The minimum Gasteiger partial charge on any atom is -0.378 e. The molecule has 18 heavy (non-hydrogen) atoms. The van der Waals surface area contributed by atoms with Crippen molar-refractivity contribution >= 4 is 5.78 Å². The van der Waals surface area contributed by atoms with Crippen molar-refractivity contribution in [2.45, 2.75) is 38.2 Å². The molecule has 0 N–H and O–H groups in total. The molecule has 0 aliphatic carbocycles. The van der Waals surface area contributed by atoms with Gasteiger partial charge in [0.25, 0.3) is 0 Å². The van der Waals surface area contributed by atoms with E-state index >= 15 is 0 Å². The first-order valence-electron chi connectivity index (χ1n) is 6.22. The minimum atomic E-state index is -0.903. The molecule has 1 heterocycles. The quantitative estimate of drug-likeness (QED) is 0.807. The Labute approximate surface area is 105 Å². The molecule has 1 aromatic rings. The van der Waals surface area contributed by atoms with E-state index in [0.29, 0.717) is 12.0 Å². The van der Waals surface area contributed by atoms with Crippen LogP contribution in [0.3, 0.4) is 0 Å². The molecule has 4 heteroatoms. The summed E-state index contributed by atoms with van der Waals surface area (Å²) in [7, 11) is 0. The maximum atomic E-state index is 13.0. The van der Waals surface area contributed by atoms with Gasteiger partial charge in [0.2, 0.25) is 0 Å². The zero-order valence-corrected chi connectivity index (χ0v) is 10.1. The molecule has 1 aliphatic heterocycles. The van der Waals surface area contributed by atoms with E-state index in [4.69, 9.17) is 4.74 Å². The fourth-order valence-electron chi connectivity index (χ4n) is 2.16. The maximum Gasteiger partial charge on any atom is 0.159 e. The van der Waals surface area contributed by atoms with Crippen LogP contribution in [0.25, 0.3) is 0 Å². The molecular formula is C14H16F2O2. The smallest absolute Gasteiger partial charge is 0.159 e. The monoisotopic (exact) mass is 254 g/mol. The molecule has 0 radical (unpaired) electrons. The van der Waals surface area contributed by atoms with E-state index in [1.165, 1.54) is 6.07 Å². The summed E-state index contributed by atoms with van der Waals surface area (Å²) in [5.41, 5.74) is 0.520. The van der Waals surface area contributed by atoms with Gasteiger partial charge < -0.3 is 4.74 Å². The van der Waals surface area contributed by atoms with Gasteiger partial charge in [-0.3, -0.25) is 4.79 Å². The molecule has 1 atom stereocenters. The number of ketones is 1. The van der Waals surface area contributed by atoms with E-state index < -0.39 is 11.6 Å². The van der Waals surface area contributed by atoms with Crippen molar-refractivity contribution < 1.29 is 18.3 Å². The van der Waals surface area contributed by atoms with Crippen molar-refractivity contribution in [1.29, 1.82) is 0 Å². The van der Waals surface area contributed by atoms with Crippen molar-refractivity contribution in [2.24, 2.45) is 0 Å². The first kappa shape index (κ1) is 13.1. The molecule has 1 saturated heterocycles. The Morgan fingerprint density at radius 3 is 2.83 bits per heavy atom. The summed E-state index contributed by atoms with van der Waals surface area (Å²) in [6.07, 6.45) is 3.58. The van der Waals surface area contributed by atoms with Gasteiger partial charge in [0, 0.05) is 19.4 Å². The van der Waals surface area contributed by atoms with Crippen molar-refractivity contribution in [3.63, 3.8) is 0 Å². The normalized spacial score (nSPS) is 19.1. The van der Waals surface area contributed by atoms with E-state index in [0.717, 1.165) is 38.0 Å². The molecule has 2 rings (SSSR count). The number of benzene rings is 1. The molecule has 1 unspecified atom stereocenters. The molecule has 0 bridgehead atoms. The molecular weight excluding hydrogens is 238 g/mol. The van der Waals surface area contributed by atoms with E-state index in [1.807, 2.05) is 0 Å². The van der Waals surface area contributed by atoms with Crippen LogP contribution in [0.2, 0.25) is 0 Å². The van der Waals surface area contributed by atoms with Crippen LogP contribution in [0.4, 0.5) is 8.78 Å². The second kappa shape index (κ2) is 6.05. The second-order valence-corrected chi connectivity index (χ2v) is 4.64. The lowest BCUT2D eigenvalue weighted by atomic mass is 10.0. The number of hydrogen-bond donors (Lipinski definition) is 0. The molecule has 1 aromatic carbocycles. The van der Waals surface area contributed by atoms with Gasteiger partial charge in [0.1, 0.15) is 5.78 Å². The van der Waals surface area contributed by atoms with E-state index in [-0.39, 0.29) is 18.3 Å². The maximum absolute atomic E-state index is 13.0. The van der Waals surface area contributed by atoms with Crippen LogP contribution < -0.4 is 0 Å². The van der Waals surface area contributed by atoms with Crippen LogP contribution >= 0.6 is 0 Å². The Hall–Kier alpha value is -1.29. The molecule has 0 spiro atoms. The average molecular weight is 254 g/mol. The Balaban J connectivity index is 1.80. The zero-order chi connectivity index (χ0) is 13.0. The fourth-order valence-corrected chi connectivity index (χ4v) is 2.16. The van der Waals surface area contributed by atoms with Crippen molar-refractivity contribution in [2.75, 3.05) is 6.61 Å². The van der Waals surface area contributed by atoms with Gasteiger partial charge in [0.05, 0.1) is 6.10 Å². The first-order valence-corrected chi connectivity index (χ1v) is 6.22. The topological polar surface area (TPSA) is 26.3 Å². The number of carbonyl (C=O) groups is 1. The van der Waals surface area contributed by atoms with Crippen LogP contribution in [0.15, 0.2) is 18.2 Å². The summed E-state index contributed by atoms with van der Waals surface area (Å²) in [4.78, 5) is 11.7. The number of hydrogen-bond acceptors (Lipinski definition) is 2. The van der Waals surface area contributed by atoms with Crippen LogP contribution in [-0.2, 0) is 16.0 Å². The largest absolute Gasteiger partial charge is 0.378 e. The standard InChI is InChI=1S/C14H16F2O2/c15-13-6-3-10(9-14(13)16)8-11(17)4-5-12-2-1-7-18-12/h3,6,9,12H,1-2,4-5,7-8H2. The summed E-state index contributed by atoms with van der Waals surface area (Å²) >= 11 is 0. The highest BCUT2D eigenvalue weighted by Gasteiger charge is 2.17. The summed E-state index contributed by atoms with van der Waals surface area (Å²) in [6.45, 7) is 0.780. The molecule has 1 fully saturated rings. The highest BCUT2D eigenvalue weighted by Crippen LogP contribution is 2.18. The highest BCUT2D eigenvalue weighted by atomic mass is 19.2. The first-order chi connectivity index (χ1) is 8.65. The highest BCUT2D eigenvalue weighted by molar-refractivity contribution is 5.80. The van der Waals surface area contributed by atoms with Crippen molar-refractivity contribution in [3.05, 3.63) is 35.4 Å². The van der Waals surface area contributed by atoms with Crippen molar-refractivity contribution in [3.8, 4) is 0 Å². The van der Waals surface area contributed by atoms with Gasteiger partial charge in [0.15, 0.2) is 11.6 Å². The Morgan fingerprint density at radius 2 is 2.17 bits per heavy atom. The summed E-state index contributed by atoms with van der Waals surface area (Å²) in [6, 6.07) is 3.58. The van der Waals surface area contributed by atoms with Crippen molar-refractivity contribution in [1.82, 2.24) is 0 Å². The Bertz CT molecular complexity index is 426. The molecule has 0 amide bonds. The lowest BCUT2D eigenvalue weighted by Gasteiger charge is -2.08. The molecule has 1 aliphatic rings. The number of carbonyl (C=O) groups excluding carboxylic acids is 1. The SMILES string of the molecule is O=C(CCC1CCCO1)Cc1ccc(F)c(F)c1. The predicted octanol–water partition coefficient (Wildman–Crippen LogP) is 3.04. The van der Waals surface area contributed by atoms with Crippen LogP contribution in [0, 0.1) is 11.6 Å². The molecule has 2 nitrogen and oxygen atoms in total. The van der Waals surface area contributed by atoms with Gasteiger partial charge in [-0.15, -0.1) is 0 Å². The summed E-state index contributed by atoms with van der Waals surface area (Å²) < 4.78 is 31.1. The van der Waals surface area contributed by atoms with E-state index in [9.17, 15) is 13.6 Å². The molecule has 0 aromatic heterocycles. The number of rotatable bonds is 5. The van der Waals surface area contributed by atoms with Gasteiger partial charge in [-0.2, -0.15) is 0 Å². The third-order valence-corrected chi connectivity index (χ3v) is 3.15. The van der Waals surface area contributed by atoms with Crippen LogP contribution in [0.5, 0.6) is 0 Å². The summed E-state index contributed by atoms with van der Waals surface area (Å²) in [5, 5.41) is 0. The lowest BCUT2D eigenvalue weighted by molar-refractivity contribution is -0.119. The van der Waals surface area contributed by atoms with Gasteiger partial charge >= 0.3 is 0 Å². The number of ether oxygens (including phenoxy) is 1. The Morgan fingerprint density at radius 1 is 1.33 bits per heavy atom. The third-order valence-electron chi connectivity index (χ3n) is 3.15. The van der Waals surface area contributed by atoms with Crippen LogP contribution in [0.1, 0.15) is 31.2 Å². The molecule has 98 valence electrons. The van der Waals surface area contributed by atoms with Crippen LogP contribution in [-0.4, -0.2) is 18.5 Å². The van der Waals surface area contributed by atoms with E-state index in [1.54, 1.807) is 0 Å². The average Bonchev–Trinajstić information content (AvgIpc) is 2.84. The summed E-state index contributed by atoms with van der Waals surface area (Å²) in [5.74, 6) is -1.75. The number of Topliss-reactive ketones (excluding diaryl/α,β-unsaturated/α-hetero) is 1. The third kappa shape index (κ3) is 3.60.